The Bertz CT molecular complexity index is 1180. The summed E-state index contributed by atoms with van der Waals surface area (Å²) in [6.45, 7) is 6.47. The summed E-state index contributed by atoms with van der Waals surface area (Å²) < 4.78 is 41.6. The molecule has 1 aromatic carbocycles. The standard InChI is InChI=1S/C20H21F3N6O3/c1-11-17(29(31)32)10-28(25-11)14(4)19(30)24-18-12(2)26-27(13(18)3)9-15-6-5-7-16(8-15)20(21,22)23/h5-8,10,14H,9H2,1-4H3,(H,24,30). The Morgan fingerprint density at radius 2 is 1.91 bits per heavy atom. The molecule has 0 aliphatic rings. The minimum Gasteiger partial charge on any atom is -0.321 e. The molecule has 12 heteroatoms. The van der Waals surface area contributed by atoms with Crippen molar-refractivity contribution in [2.75, 3.05) is 5.32 Å². The zero-order chi connectivity index (χ0) is 23.8. The van der Waals surface area contributed by atoms with Crippen LogP contribution in [0.3, 0.4) is 0 Å². The number of amides is 1. The van der Waals surface area contributed by atoms with Crippen molar-refractivity contribution in [2.24, 2.45) is 0 Å². The molecule has 0 aliphatic carbocycles. The number of carbonyl (C=O) groups excluding carboxylic acids is 1. The molecule has 2 aromatic heterocycles. The number of nitrogens with one attached hydrogen (secondary N) is 1. The van der Waals surface area contributed by atoms with Gasteiger partial charge in [0, 0.05) is 0 Å². The molecule has 0 bridgehead atoms. The van der Waals surface area contributed by atoms with E-state index in [2.05, 4.69) is 15.5 Å². The van der Waals surface area contributed by atoms with E-state index in [9.17, 15) is 28.1 Å². The molecule has 1 amide bonds. The van der Waals surface area contributed by atoms with Gasteiger partial charge in [0.25, 0.3) is 0 Å². The van der Waals surface area contributed by atoms with Gasteiger partial charge in [-0.05, 0) is 45.4 Å². The van der Waals surface area contributed by atoms with Crippen LogP contribution in [-0.2, 0) is 17.5 Å². The van der Waals surface area contributed by atoms with Crippen molar-refractivity contribution in [1.29, 1.82) is 0 Å². The maximum atomic E-state index is 13.0. The number of hydrogen-bond acceptors (Lipinski definition) is 5. The van der Waals surface area contributed by atoms with E-state index in [-0.39, 0.29) is 17.9 Å². The third-order valence-electron chi connectivity index (χ3n) is 5.08. The minimum atomic E-state index is -4.44. The molecule has 170 valence electrons. The highest BCUT2D eigenvalue weighted by Crippen LogP contribution is 2.30. The summed E-state index contributed by atoms with van der Waals surface area (Å²) >= 11 is 0. The number of aryl methyl sites for hydroxylation is 2. The zero-order valence-electron chi connectivity index (χ0n) is 17.8. The van der Waals surface area contributed by atoms with Crippen LogP contribution in [0.1, 0.15) is 41.2 Å². The number of benzene rings is 1. The number of carbonyl (C=O) groups is 1. The van der Waals surface area contributed by atoms with Crippen LogP contribution in [0.4, 0.5) is 24.5 Å². The molecule has 0 saturated heterocycles. The van der Waals surface area contributed by atoms with Crippen molar-refractivity contribution >= 4 is 17.3 Å². The van der Waals surface area contributed by atoms with Crippen LogP contribution in [0.15, 0.2) is 30.5 Å². The van der Waals surface area contributed by atoms with Gasteiger partial charge >= 0.3 is 11.9 Å². The topological polar surface area (TPSA) is 108 Å². The van der Waals surface area contributed by atoms with Crippen molar-refractivity contribution in [3.8, 4) is 0 Å². The van der Waals surface area contributed by atoms with Gasteiger partial charge < -0.3 is 5.32 Å². The molecular formula is C20H21F3N6O3. The molecule has 9 nitrogen and oxygen atoms in total. The van der Waals surface area contributed by atoms with Gasteiger partial charge in [0.1, 0.15) is 17.9 Å². The Labute approximate surface area is 181 Å². The summed E-state index contributed by atoms with van der Waals surface area (Å²) in [6.07, 6.45) is -3.25. The van der Waals surface area contributed by atoms with Crippen LogP contribution in [0.2, 0.25) is 0 Å². The summed E-state index contributed by atoms with van der Waals surface area (Å²) in [4.78, 5) is 23.2. The fourth-order valence-electron chi connectivity index (χ4n) is 3.25. The highest BCUT2D eigenvalue weighted by molar-refractivity contribution is 5.94. The van der Waals surface area contributed by atoms with Crippen molar-refractivity contribution < 1.29 is 22.9 Å². The highest BCUT2D eigenvalue weighted by atomic mass is 19.4. The van der Waals surface area contributed by atoms with Crippen LogP contribution in [0, 0.1) is 30.9 Å². The second-order valence-corrected chi connectivity index (χ2v) is 7.40. The van der Waals surface area contributed by atoms with Crippen molar-refractivity contribution in [3.05, 3.63) is 68.8 Å². The maximum Gasteiger partial charge on any atom is 0.416 e. The van der Waals surface area contributed by atoms with Crippen LogP contribution in [-0.4, -0.2) is 30.4 Å². The van der Waals surface area contributed by atoms with Crippen molar-refractivity contribution in [3.63, 3.8) is 0 Å². The molecule has 0 spiro atoms. The summed E-state index contributed by atoms with van der Waals surface area (Å²) in [7, 11) is 0. The molecular weight excluding hydrogens is 429 g/mol. The second-order valence-electron chi connectivity index (χ2n) is 7.40. The monoisotopic (exact) mass is 450 g/mol. The molecule has 2 heterocycles. The third kappa shape index (κ3) is 4.63. The lowest BCUT2D eigenvalue weighted by atomic mass is 10.1. The van der Waals surface area contributed by atoms with E-state index in [4.69, 9.17) is 0 Å². The third-order valence-corrected chi connectivity index (χ3v) is 5.08. The number of nitro groups is 1. The second kappa shape index (κ2) is 8.44. The molecule has 1 atom stereocenters. The summed E-state index contributed by atoms with van der Waals surface area (Å²) in [5, 5.41) is 22.1. The van der Waals surface area contributed by atoms with E-state index >= 15 is 0 Å². The fourth-order valence-corrected chi connectivity index (χ4v) is 3.25. The SMILES string of the molecule is Cc1nn(C(C)C(=O)Nc2c(C)nn(Cc3cccc(C(F)(F)F)c3)c2C)cc1[N+](=O)[O-]. The van der Waals surface area contributed by atoms with Gasteiger partial charge in [0.15, 0.2) is 0 Å². The van der Waals surface area contributed by atoms with E-state index in [0.29, 0.717) is 22.6 Å². The van der Waals surface area contributed by atoms with Crippen LogP contribution in [0.25, 0.3) is 0 Å². The van der Waals surface area contributed by atoms with E-state index in [1.54, 1.807) is 26.8 Å². The Morgan fingerprint density at radius 3 is 2.50 bits per heavy atom. The van der Waals surface area contributed by atoms with Gasteiger partial charge in [-0.2, -0.15) is 23.4 Å². The number of halogens is 3. The first kappa shape index (κ1) is 23.0. The molecule has 0 saturated carbocycles. The lowest BCUT2D eigenvalue weighted by Gasteiger charge is -2.13. The predicted molar refractivity (Wildman–Crippen MR) is 109 cm³/mol. The first-order valence-corrected chi connectivity index (χ1v) is 9.59. The molecule has 3 rings (SSSR count). The number of alkyl halides is 3. The maximum absolute atomic E-state index is 13.0. The lowest BCUT2D eigenvalue weighted by Crippen LogP contribution is -2.24. The summed E-state index contributed by atoms with van der Waals surface area (Å²) in [5.74, 6) is -0.466. The van der Waals surface area contributed by atoms with Gasteiger partial charge in [-0.1, -0.05) is 12.1 Å². The Kier molecular flexibility index (Phi) is 6.06. The molecule has 1 N–H and O–H groups in total. The molecule has 0 radical (unpaired) electrons. The van der Waals surface area contributed by atoms with Gasteiger partial charge in [-0.3, -0.25) is 24.3 Å². The fraction of sp³-hybridized carbons (Fsp3) is 0.350. The largest absolute Gasteiger partial charge is 0.416 e. The van der Waals surface area contributed by atoms with E-state index in [1.807, 2.05) is 0 Å². The summed E-state index contributed by atoms with van der Waals surface area (Å²) in [6, 6.07) is 4.12. The number of rotatable bonds is 6. The molecule has 1 unspecified atom stereocenters. The molecule has 3 aromatic rings. The average molecular weight is 450 g/mol. The van der Waals surface area contributed by atoms with E-state index < -0.39 is 28.6 Å². The van der Waals surface area contributed by atoms with E-state index in [0.717, 1.165) is 12.1 Å². The Morgan fingerprint density at radius 1 is 1.22 bits per heavy atom. The van der Waals surface area contributed by atoms with E-state index in [1.165, 1.54) is 28.6 Å². The normalized spacial score (nSPS) is 12.6. The van der Waals surface area contributed by atoms with Gasteiger partial charge in [0.05, 0.1) is 34.1 Å². The number of hydrogen-bond donors (Lipinski definition) is 1. The van der Waals surface area contributed by atoms with Crippen LogP contribution >= 0.6 is 0 Å². The molecule has 0 fully saturated rings. The molecule has 32 heavy (non-hydrogen) atoms. The van der Waals surface area contributed by atoms with Gasteiger partial charge in [-0.25, -0.2) is 0 Å². The Hall–Kier alpha value is -3.70. The quantitative estimate of drug-likeness (QED) is 0.448. The number of anilines is 1. The average Bonchev–Trinajstić information content (AvgIpc) is 3.22. The number of aromatic nitrogens is 4. The Balaban J connectivity index is 1.80. The first-order chi connectivity index (χ1) is 14.9. The summed E-state index contributed by atoms with van der Waals surface area (Å²) in [5.41, 5.74) is 1.13. The lowest BCUT2D eigenvalue weighted by molar-refractivity contribution is -0.385. The molecule has 0 aliphatic heterocycles. The minimum absolute atomic E-state index is 0.0898. The van der Waals surface area contributed by atoms with Gasteiger partial charge in [-0.15, -0.1) is 0 Å². The highest BCUT2D eigenvalue weighted by Gasteiger charge is 2.30. The van der Waals surface area contributed by atoms with Crippen molar-refractivity contribution in [1.82, 2.24) is 19.6 Å². The van der Waals surface area contributed by atoms with Crippen LogP contribution in [0.5, 0.6) is 0 Å². The smallest absolute Gasteiger partial charge is 0.321 e. The van der Waals surface area contributed by atoms with Crippen LogP contribution < -0.4 is 5.32 Å². The van der Waals surface area contributed by atoms with Crippen molar-refractivity contribution in [2.45, 2.75) is 46.5 Å². The number of nitrogens with zero attached hydrogens (tertiary/aromatic N) is 5. The first-order valence-electron chi connectivity index (χ1n) is 9.59. The predicted octanol–water partition coefficient (Wildman–Crippen LogP) is 4.18. The van der Waals surface area contributed by atoms with Gasteiger partial charge in [0.2, 0.25) is 5.91 Å². The zero-order valence-corrected chi connectivity index (χ0v) is 17.8.